The molecule has 2 rings (SSSR count). The summed E-state index contributed by atoms with van der Waals surface area (Å²) in [5.41, 5.74) is 7.12. The average Bonchev–Trinajstić information content (AvgIpc) is 2.34. The molecule has 17 heavy (non-hydrogen) atoms. The lowest BCUT2D eigenvalue weighted by atomic mass is 10.2. The molecule has 0 fully saturated rings. The fraction of sp³-hybridized carbons (Fsp3) is 0.143. The second-order valence-corrected chi connectivity index (χ2v) is 3.86. The standard InChI is InChI=1S/C14H14FNO/c1-10-7-13(5-6-14(10)15)17-12-4-2-3-11(8-12)9-16/h2-8H,9,16H2,1H3. The summed E-state index contributed by atoms with van der Waals surface area (Å²) in [6, 6.07) is 12.2. The molecule has 2 aromatic carbocycles. The van der Waals surface area contributed by atoms with Gasteiger partial charge < -0.3 is 10.5 Å². The van der Waals surface area contributed by atoms with E-state index in [0.29, 0.717) is 23.6 Å². The van der Waals surface area contributed by atoms with Gasteiger partial charge in [0, 0.05) is 6.54 Å². The van der Waals surface area contributed by atoms with Gasteiger partial charge in [0.15, 0.2) is 0 Å². The maximum Gasteiger partial charge on any atom is 0.127 e. The van der Waals surface area contributed by atoms with Crippen LogP contribution in [-0.2, 0) is 6.54 Å². The fourth-order valence-electron chi connectivity index (χ4n) is 1.55. The van der Waals surface area contributed by atoms with Gasteiger partial charge in [-0.15, -0.1) is 0 Å². The third-order valence-electron chi connectivity index (χ3n) is 2.50. The SMILES string of the molecule is Cc1cc(Oc2cccc(CN)c2)ccc1F. The van der Waals surface area contributed by atoms with Crippen LogP contribution in [0.3, 0.4) is 0 Å². The molecule has 2 N–H and O–H groups in total. The second kappa shape index (κ2) is 4.97. The summed E-state index contributed by atoms with van der Waals surface area (Å²) in [6.45, 7) is 2.18. The average molecular weight is 231 g/mol. The van der Waals surface area contributed by atoms with Gasteiger partial charge in [0.25, 0.3) is 0 Å². The summed E-state index contributed by atoms with van der Waals surface area (Å²) in [5.74, 6) is 1.10. The van der Waals surface area contributed by atoms with Crippen molar-refractivity contribution in [2.45, 2.75) is 13.5 Å². The van der Waals surface area contributed by atoms with Crippen LogP contribution in [0.15, 0.2) is 42.5 Å². The minimum Gasteiger partial charge on any atom is -0.457 e. The zero-order chi connectivity index (χ0) is 12.3. The minimum absolute atomic E-state index is 0.229. The van der Waals surface area contributed by atoms with E-state index in [1.54, 1.807) is 19.1 Å². The summed E-state index contributed by atoms with van der Waals surface area (Å²) in [5, 5.41) is 0. The van der Waals surface area contributed by atoms with Crippen LogP contribution in [0.1, 0.15) is 11.1 Å². The highest BCUT2D eigenvalue weighted by Gasteiger charge is 2.01. The van der Waals surface area contributed by atoms with Crippen molar-refractivity contribution >= 4 is 0 Å². The summed E-state index contributed by atoms with van der Waals surface area (Å²) in [4.78, 5) is 0. The number of hydrogen-bond donors (Lipinski definition) is 1. The van der Waals surface area contributed by atoms with Gasteiger partial charge in [0.05, 0.1) is 0 Å². The fourth-order valence-corrected chi connectivity index (χ4v) is 1.55. The molecule has 0 saturated heterocycles. The Morgan fingerprint density at radius 2 is 1.88 bits per heavy atom. The van der Waals surface area contributed by atoms with Crippen molar-refractivity contribution in [2.75, 3.05) is 0 Å². The van der Waals surface area contributed by atoms with Crippen molar-refractivity contribution in [1.29, 1.82) is 0 Å². The van der Waals surface area contributed by atoms with Gasteiger partial charge in [-0.2, -0.15) is 0 Å². The molecule has 0 radical (unpaired) electrons. The first-order chi connectivity index (χ1) is 8.19. The predicted octanol–water partition coefficient (Wildman–Crippen LogP) is 3.39. The summed E-state index contributed by atoms with van der Waals surface area (Å²) < 4.78 is 18.7. The number of halogens is 1. The number of ether oxygens (including phenoxy) is 1. The van der Waals surface area contributed by atoms with E-state index >= 15 is 0 Å². The van der Waals surface area contributed by atoms with E-state index in [4.69, 9.17) is 10.5 Å². The molecular weight excluding hydrogens is 217 g/mol. The maximum absolute atomic E-state index is 13.1. The molecule has 2 nitrogen and oxygen atoms in total. The zero-order valence-electron chi connectivity index (χ0n) is 9.61. The van der Waals surface area contributed by atoms with Crippen molar-refractivity contribution in [3.63, 3.8) is 0 Å². The van der Waals surface area contributed by atoms with Crippen LogP contribution in [0.4, 0.5) is 4.39 Å². The van der Waals surface area contributed by atoms with Crippen molar-refractivity contribution in [3.8, 4) is 11.5 Å². The van der Waals surface area contributed by atoms with Gasteiger partial charge in [-0.25, -0.2) is 4.39 Å². The van der Waals surface area contributed by atoms with Crippen LogP contribution < -0.4 is 10.5 Å². The Balaban J connectivity index is 2.22. The molecule has 0 saturated carbocycles. The topological polar surface area (TPSA) is 35.2 Å². The van der Waals surface area contributed by atoms with Crippen LogP contribution in [0.25, 0.3) is 0 Å². The normalized spacial score (nSPS) is 10.3. The van der Waals surface area contributed by atoms with Crippen LogP contribution >= 0.6 is 0 Å². The van der Waals surface area contributed by atoms with Crippen molar-refractivity contribution in [3.05, 3.63) is 59.4 Å². The first-order valence-corrected chi connectivity index (χ1v) is 5.42. The number of aryl methyl sites for hydroxylation is 1. The Morgan fingerprint density at radius 3 is 2.59 bits per heavy atom. The third kappa shape index (κ3) is 2.82. The monoisotopic (exact) mass is 231 g/mol. The first-order valence-electron chi connectivity index (χ1n) is 5.42. The van der Waals surface area contributed by atoms with Crippen molar-refractivity contribution < 1.29 is 9.13 Å². The van der Waals surface area contributed by atoms with E-state index < -0.39 is 0 Å². The number of hydrogen-bond acceptors (Lipinski definition) is 2. The van der Waals surface area contributed by atoms with Gasteiger partial charge in [0.1, 0.15) is 17.3 Å². The Morgan fingerprint density at radius 1 is 1.12 bits per heavy atom. The first kappa shape index (κ1) is 11.6. The van der Waals surface area contributed by atoms with E-state index in [-0.39, 0.29) is 5.82 Å². The third-order valence-corrected chi connectivity index (χ3v) is 2.50. The molecule has 2 aromatic rings. The quantitative estimate of drug-likeness (QED) is 0.878. The Labute approximate surface area is 99.8 Å². The molecule has 88 valence electrons. The largest absolute Gasteiger partial charge is 0.457 e. The van der Waals surface area contributed by atoms with Crippen LogP contribution in [0.5, 0.6) is 11.5 Å². The number of rotatable bonds is 3. The van der Waals surface area contributed by atoms with Gasteiger partial charge in [-0.3, -0.25) is 0 Å². The molecule has 3 heteroatoms. The smallest absolute Gasteiger partial charge is 0.127 e. The molecule has 0 atom stereocenters. The van der Waals surface area contributed by atoms with Crippen molar-refractivity contribution in [1.82, 2.24) is 0 Å². The van der Waals surface area contributed by atoms with E-state index in [1.165, 1.54) is 6.07 Å². The lowest BCUT2D eigenvalue weighted by Crippen LogP contribution is -1.96. The van der Waals surface area contributed by atoms with Gasteiger partial charge in [0.2, 0.25) is 0 Å². The molecule has 0 aliphatic rings. The minimum atomic E-state index is -0.229. The van der Waals surface area contributed by atoms with Crippen molar-refractivity contribution in [2.24, 2.45) is 5.73 Å². The van der Waals surface area contributed by atoms with E-state index in [9.17, 15) is 4.39 Å². The molecule has 0 unspecified atom stereocenters. The van der Waals surface area contributed by atoms with Gasteiger partial charge in [-0.1, -0.05) is 12.1 Å². The Bertz CT molecular complexity index is 525. The van der Waals surface area contributed by atoms with Gasteiger partial charge >= 0.3 is 0 Å². The molecule has 0 heterocycles. The summed E-state index contributed by atoms with van der Waals surface area (Å²) >= 11 is 0. The molecule has 0 bridgehead atoms. The van der Waals surface area contributed by atoms with Crippen LogP contribution in [-0.4, -0.2) is 0 Å². The van der Waals surface area contributed by atoms with E-state index in [2.05, 4.69) is 0 Å². The maximum atomic E-state index is 13.1. The number of benzene rings is 2. The Hall–Kier alpha value is -1.87. The molecular formula is C14H14FNO. The molecule has 0 aliphatic carbocycles. The van der Waals surface area contributed by atoms with E-state index in [1.807, 2.05) is 24.3 Å². The van der Waals surface area contributed by atoms with Gasteiger partial charge in [-0.05, 0) is 48.4 Å². The molecule has 0 spiro atoms. The summed E-state index contributed by atoms with van der Waals surface area (Å²) in [6.07, 6.45) is 0. The highest BCUT2D eigenvalue weighted by Crippen LogP contribution is 2.23. The molecule has 0 amide bonds. The predicted molar refractivity (Wildman–Crippen MR) is 65.5 cm³/mol. The summed E-state index contributed by atoms with van der Waals surface area (Å²) in [7, 11) is 0. The lowest BCUT2D eigenvalue weighted by Gasteiger charge is -2.08. The van der Waals surface area contributed by atoms with E-state index in [0.717, 1.165) is 5.56 Å². The second-order valence-electron chi connectivity index (χ2n) is 3.86. The highest BCUT2D eigenvalue weighted by molar-refractivity contribution is 5.36. The van der Waals surface area contributed by atoms with Crippen LogP contribution in [0.2, 0.25) is 0 Å². The lowest BCUT2D eigenvalue weighted by molar-refractivity contribution is 0.479. The molecule has 0 aliphatic heterocycles. The number of nitrogens with two attached hydrogens (primary N) is 1. The molecule has 0 aromatic heterocycles. The van der Waals surface area contributed by atoms with Crippen LogP contribution in [0, 0.1) is 12.7 Å². The zero-order valence-corrected chi connectivity index (χ0v) is 9.61. The Kier molecular flexibility index (Phi) is 3.40. The highest BCUT2D eigenvalue weighted by atomic mass is 19.1.